The number of hydrogen-bond donors (Lipinski definition) is 2. The van der Waals surface area contributed by atoms with Crippen LogP contribution in [0, 0.1) is 0 Å². The number of nitrogens with zero attached hydrogens (tertiary/aromatic N) is 2. The van der Waals surface area contributed by atoms with E-state index in [9.17, 15) is 4.79 Å². The Bertz CT molecular complexity index is 465. The van der Waals surface area contributed by atoms with Crippen molar-refractivity contribution in [3.8, 4) is 0 Å². The van der Waals surface area contributed by atoms with Crippen molar-refractivity contribution in [2.75, 3.05) is 25.0 Å². The zero-order chi connectivity index (χ0) is 15.1. The summed E-state index contributed by atoms with van der Waals surface area (Å²) in [6, 6.07) is 5.79. The van der Waals surface area contributed by atoms with Crippen LogP contribution in [-0.2, 0) is 0 Å². The van der Waals surface area contributed by atoms with Crippen molar-refractivity contribution in [2.45, 2.75) is 45.1 Å². The van der Waals surface area contributed by atoms with Crippen molar-refractivity contribution in [2.24, 2.45) is 0 Å². The highest BCUT2D eigenvalue weighted by molar-refractivity contribution is 5.93. The van der Waals surface area contributed by atoms with Crippen molar-refractivity contribution in [1.29, 1.82) is 0 Å². The zero-order valence-electron chi connectivity index (χ0n) is 12.7. The molecule has 1 amide bonds. The van der Waals surface area contributed by atoms with E-state index in [2.05, 4.69) is 17.2 Å². The predicted octanol–water partition coefficient (Wildman–Crippen LogP) is 2.28. The van der Waals surface area contributed by atoms with Crippen LogP contribution in [0.2, 0.25) is 0 Å². The van der Waals surface area contributed by atoms with Gasteiger partial charge in [0.1, 0.15) is 11.5 Å². The lowest BCUT2D eigenvalue weighted by Gasteiger charge is -2.24. The van der Waals surface area contributed by atoms with E-state index in [-0.39, 0.29) is 18.6 Å². The van der Waals surface area contributed by atoms with Gasteiger partial charge in [-0.2, -0.15) is 0 Å². The first-order valence-corrected chi connectivity index (χ1v) is 7.89. The van der Waals surface area contributed by atoms with E-state index in [1.807, 2.05) is 17.0 Å². The zero-order valence-corrected chi connectivity index (χ0v) is 12.7. The summed E-state index contributed by atoms with van der Waals surface area (Å²) in [6.07, 6.45) is 4.71. The SMILES string of the molecule is CCCNc1cccc(C(=O)N2CCCC2CCCO)n1. The van der Waals surface area contributed by atoms with Crippen molar-refractivity contribution in [3.05, 3.63) is 23.9 Å². The smallest absolute Gasteiger partial charge is 0.272 e. The van der Waals surface area contributed by atoms with E-state index in [1.54, 1.807) is 6.07 Å². The van der Waals surface area contributed by atoms with Crippen LogP contribution in [0.15, 0.2) is 18.2 Å². The molecule has 5 heteroatoms. The molecular weight excluding hydrogens is 266 g/mol. The molecule has 1 aliphatic rings. The normalized spacial score (nSPS) is 18.0. The van der Waals surface area contributed by atoms with Crippen LogP contribution in [0.3, 0.4) is 0 Å². The number of nitrogens with one attached hydrogen (secondary N) is 1. The molecule has 1 fully saturated rings. The molecule has 116 valence electrons. The molecule has 0 spiro atoms. The van der Waals surface area contributed by atoms with Gasteiger partial charge in [0.25, 0.3) is 5.91 Å². The average Bonchev–Trinajstić information content (AvgIpc) is 2.98. The van der Waals surface area contributed by atoms with Gasteiger partial charge in [0.05, 0.1) is 0 Å². The second-order valence-corrected chi connectivity index (χ2v) is 5.50. The highest BCUT2D eigenvalue weighted by Crippen LogP contribution is 2.23. The first kappa shape index (κ1) is 15.8. The monoisotopic (exact) mass is 291 g/mol. The predicted molar refractivity (Wildman–Crippen MR) is 83.4 cm³/mol. The number of likely N-dealkylation sites (tertiary alicyclic amines) is 1. The first-order valence-electron chi connectivity index (χ1n) is 7.89. The van der Waals surface area contributed by atoms with Gasteiger partial charge in [0, 0.05) is 25.7 Å². The maximum Gasteiger partial charge on any atom is 0.272 e. The maximum atomic E-state index is 12.6. The first-order chi connectivity index (χ1) is 10.3. The number of aliphatic hydroxyl groups excluding tert-OH is 1. The Labute approximate surface area is 126 Å². The summed E-state index contributed by atoms with van der Waals surface area (Å²) >= 11 is 0. The molecule has 21 heavy (non-hydrogen) atoms. The number of aliphatic hydroxyl groups is 1. The summed E-state index contributed by atoms with van der Waals surface area (Å²) in [5.74, 6) is 0.768. The molecule has 2 heterocycles. The number of rotatable bonds is 7. The standard InChI is InChI=1S/C16H25N3O2/c1-2-10-17-15-9-3-8-14(18-15)16(21)19-11-4-6-13(19)7-5-12-20/h3,8-9,13,20H,2,4-7,10-12H2,1H3,(H,17,18). The lowest BCUT2D eigenvalue weighted by molar-refractivity contribution is 0.0718. The largest absolute Gasteiger partial charge is 0.396 e. The minimum atomic E-state index is 0.00980. The van der Waals surface area contributed by atoms with Crippen molar-refractivity contribution >= 4 is 11.7 Å². The van der Waals surface area contributed by atoms with Crippen LogP contribution >= 0.6 is 0 Å². The van der Waals surface area contributed by atoms with Gasteiger partial charge in [-0.1, -0.05) is 13.0 Å². The van der Waals surface area contributed by atoms with Crippen LogP contribution in [0.4, 0.5) is 5.82 Å². The van der Waals surface area contributed by atoms with Gasteiger partial charge in [-0.05, 0) is 44.2 Å². The Kier molecular flexibility index (Phi) is 5.99. The number of anilines is 1. The molecule has 1 atom stereocenters. The van der Waals surface area contributed by atoms with Crippen molar-refractivity contribution < 1.29 is 9.90 Å². The van der Waals surface area contributed by atoms with Gasteiger partial charge in [-0.3, -0.25) is 4.79 Å². The number of aromatic nitrogens is 1. The second kappa shape index (κ2) is 7.98. The number of pyridine rings is 1. The van der Waals surface area contributed by atoms with E-state index < -0.39 is 0 Å². The average molecular weight is 291 g/mol. The lowest BCUT2D eigenvalue weighted by Crippen LogP contribution is -2.36. The molecule has 1 aromatic rings. The van der Waals surface area contributed by atoms with Crippen LogP contribution in [0.5, 0.6) is 0 Å². The Morgan fingerprint density at radius 3 is 3.14 bits per heavy atom. The molecule has 1 aromatic heterocycles. The maximum absolute atomic E-state index is 12.6. The number of carbonyl (C=O) groups excluding carboxylic acids is 1. The highest BCUT2D eigenvalue weighted by Gasteiger charge is 2.29. The topological polar surface area (TPSA) is 65.5 Å². The Balaban J connectivity index is 2.04. The minimum absolute atomic E-state index is 0.00980. The van der Waals surface area contributed by atoms with E-state index in [4.69, 9.17) is 5.11 Å². The third kappa shape index (κ3) is 4.17. The molecule has 2 rings (SSSR count). The fourth-order valence-electron chi connectivity index (χ4n) is 2.78. The molecule has 0 aromatic carbocycles. The summed E-state index contributed by atoms with van der Waals surface area (Å²) in [6.45, 7) is 3.93. The van der Waals surface area contributed by atoms with Gasteiger partial charge in [0.15, 0.2) is 0 Å². The highest BCUT2D eigenvalue weighted by atomic mass is 16.3. The van der Waals surface area contributed by atoms with E-state index >= 15 is 0 Å². The van der Waals surface area contributed by atoms with E-state index in [0.717, 1.165) is 51.0 Å². The summed E-state index contributed by atoms with van der Waals surface area (Å²) in [5.41, 5.74) is 0.506. The molecule has 5 nitrogen and oxygen atoms in total. The van der Waals surface area contributed by atoms with Crippen LogP contribution in [0.1, 0.15) is 49.5 Å². The summed E-state index contributed by atoms with van der Waals surface area (Å²) in [7, 11) is 0. The number of amides is 1. The van der Waals surface area contributed by atoms with Gasteiger partial charge >= 0.3 is 0 Å². The summed E-state index contributed by atoms with van der Waals surface area (Å²) in [4.78, 5) is 19.0. The molecular formula is C16H25N3O2. The van der Waals surface area contributed by atoms with E-state index in [1.165, 1.54) is 0 Å². The fraction of sp³-hybridized carbons (Fsp3) is 0.625. The summed E-state index contributed by atoms with van der Waals surface area (Å²) < 4.78 is 0. The fourth-order valence-corrected chi connectivity index (χ4v) is 2.78. The van der Waals surface area contributed by atoms with Gasteiger partial charge < -0.3 is 15.3 Å². The third-order valence-electron chi connectivity index (χ3n) is 3.86. The lowest BCUT2D eigenvalue weighted by atomic mass is 10.1. The van der Waals surface area contributed by atoms with E-state index in [0.29, 0.717) is 5.69 Å². The van der Waals surface area contributed by atoms with Crippen molar-refractivity contribution in [3.63, 3.8) is 0 Å². The molecule has 1 saturated heterocycles. The van der Waals surface area contributed by atoms with Gasteiger partial charge in [-0.25, -0.2) is 4.98 Å². The van der Waals surface area contributed by atoms with Crippen LogP contribution in [-0.4, -0.2) is 46.6 Å². The Morgan fingerprint density at radius 1 is 1.52 bits per heavy atom. The molecule has 1 aliphatic heterocycles. The molecule has 2 N–H and O–H groups in total. The third-order valence-corrected chi connectivity index (χ3v) is 3.86. The molecule has 0 aliphatic carbocycles. The Hall–Kier alpha value is -1.62. The molecule has 0 saturated carbocycles. The van der Waals surface area contributed by atoms with Crippen molar-refractivity contribution in [1.82, 2.24) is 9.88 Å². The minimum Gasteiger partial charge on any atom is -0.396 e. The Morgan fingerprint density at radius 2 is 2.38 bits per heavy atom. The van der Waals surface area contributed by atoms with Gasteiger partial charge in [0.2, 0.25) is 0 Å². The quantitative estimate of drug-likeness (QED) is 0.809. The van der Waals surface area contributed by atoms with Crippen LogP contribution < -0.4 is 5.32 Å². The summed E-state index contributed by atoms with van der Waals surface area (Å²) in [5, 5.41) is 12.2. The van der Waals surface area contributed by atoms with Crippen LogP contribution in [0.25, 0.3) is 0 Å². The molecule has 1 unspecified atom stereocenters. The number of hydrogen-bond acceptors (Lipinski definition) is 4. The second-order valence-electron chi connectivity index (χ2n) is 5.50. The number of carbonyl (C=O) groups is 1. The molecule has 0 bridgehead atoms. The molecule has 0 radical (unpaired) electrons. The van der Waals surface area contributed by atoms with Gasteiger partial charge in [-0.15, -0.1) is 0 Å².